The highest BCUT2D eigenvalue weighted by Crippen LogP contribution is 2.36. The van der Waals surface area contributed by atoms with Gasteiger partial charge in [-0.15, -0.1) is 0 Å². The van der Waals surface area contributed by atoms with Crippen LogP contribution in [0.5, 0.6) is 0 Å². The number of nitrogens with zero attached hydrogens (tertiary/aromatic N) is 2. The van der Waals surface area contributed by atoms with Crippen molar-refractivity contribution in [2.24, 2.45) is 0 Å². The molecule has 1 aliphatic rings. The van der Waals surface area contributed by atoms with E-state index in [-0.39, 0.29) is 0 Å². The number of halogens is 1. The van der Waals surface area contributed by atoms with Gasteiger partial charge in [0, 0.05) is 30.7 Å². The summed E-state index contributed by atoms with van der Waals surface area (Å²) in [5.41, 5.74) is 9.13. The molecule has 19 heavy (non-hydrogen) atoms. The molecule has 1 heterocycles. The Morgan fingerprint density at radius 3 is 2.84 bits per heavy atom. The molecule has 3 nitrogen and oxygen atoms in total. The number of benzene rings is 1. The zero-order chi connectivity index (χ0) is 13.2. The minimum atomic E-state index is 0.639. The van der Waals surface area contributed by atoms with E-state index in [9.17, 15) is 0 Å². The zero-order valence-electron chi connectivity index (χ0n) is 10.6. The number of nitrogens with two attached hydrogens (primary N) is 1. The highest BCUT2D eigenvalue weighted by atomic mass is 79.9. The van der Waals surface area contributed by atoms with Gasteiger partial charge in [0.1, 0.15) is 0 Å². The van der Waals surface area contributed by atoms with Gasteiger partial charge < -0.3 is 10.6 Å². The molecule has 98 valence electrons. The summed E-state index contributed by atoms with van der Waals surface area (Å²) in [6.45, 7) is 0.887. The summed E-state index contributed by atoms with van der Waals surface area (Å²) in [5, 5.41) is 0. The van der Waals surface area contributed by atoms with Crippen molar-refractivity contribution in [1.29, 1.82) is 0 Å². The van der Waals surface area contributed by atoms with Gasteiger partial charge in [-0.05, 0) is 52.5 Å². The monoisotopic (exact) mass is 317 g/mol. The summed E-state index contributed by atoms with van der Waals surface area (Å²) in [5.74, 6) is 0. The Morgan fingerprint density at radius 1 is 1.32 bits per heavy atom. The molecule has 1 aromatic carbocycles. The van der Waals surface area contributed by atoms with E-state index in [0.29, 0.717) is 6.04 Å². The minimum Gasteiger partial charge on any atom is -0.399 e. The van der Waals surface area contributed by atoms with E-state index in [1.54, 1.807) is 0 Å². The predicted octanol–water partition coefficient (Wildman–Crippen LogP) is 3.60. The van der Waals surface area contributed by atoms with Crippen molar-refractivity contribution in [3.63, 3.8) is 0 Å². The lowest BCUT2D eigenvalue weighted by Crippen LogP contribution is -2.25. The first-order chi connectivity index (χ1) is 9.24. The normalized spacial score (nSPS) is 14.4. The average molecular weight is 318 g/mol. The molecular formula is C15H16BrN3. The molecule has 2 N–H and O–H groups in total. The molecule has 0 radical (unpaired) electrons. The second-order valence-corrected chi connectivity index (χ2v) is 5.79. The largest absolute Gasteiger partial charge is 0.399 e. The number of pyridine rings is 1. The molecule has 1 fully saturated rings. The van der Waals surface area contributed by atoms with E-state index < -0.39 is 0 Å². The van der Waals surface area contributed by atoms with Gasteiger partial charge in [0.25, 0.3) is 0 Å². The fraction of sp³-hybridized carbons (Fsp3) is 0.267. The summed E-state index contributed by atoms with van der Waals surface area (Å²) in [7, 11) is 0. The number of rotatable bonds is 4. The molecular weight excluding hydrogens is 302 g/mol. The average Bonchev–Trinajstić information content (AvgIpc) is 3.21. The van der Waals surface area contributed by atoms with Gasteiger partial charge in [-0.2, -0.15) is 0 Å². The van der Waals surface area contributed by atoms with E-state index in [4.69, 9.17) is 5.73 Å². The van der Waals surface area contributed by atoms with Crippen molar-refractivity contribution < 1.29 is 0 Å². The molecule has 1 aliphatic carbocycles. The second kappa shape index (κ2) is 5.21. The maximum atomic E-state index is 5.86. The quantitative estimate of drug-likeness (QED) is 0.876. The third kappa shape index (κ3) is 2.89. The molecule has 0 bridgehead atoms. The van der Waals surface area contributed by atoms with Gasteiger partial charge in [-0.3, -0.25) is 4.98 Å². The van der Waals surface area contributed by atoms with Crippen LogP contribution in [0.25, 0.3) is 0 Å². The number of aromatic nitrogens is 1. The Kier molecular flexibility index (Phi) is 3.42. The zero-order valence-corrected chi connectivity index (χ0v) is 12.2. The van der Waals surface area contributed by atoms with Gasteiger partial charge in [-0.1, -0.05) is 12.1 Å². The maximum Gasteiger partial charge on any atom is 0.0592 e. The van der Waals surface area contributed by atoms with Crippen molar-refractivity contribution in [1.82, 2.24) is 4.98 Å². The molecule has 0 unspecified atom stereocenters. The van der Waals surface area contributed by atoms with E-state index in [1.807, 2.05) is 30.6 Å². The van der Waals surface area contributed by atoms with Crippen LogP contribution >= 0.6 is 15.9 Å². The molecule has 0 aliphatic heterocycles. The Balaban J connectivity index is 1.88. The van der Waals surface area contributed by atoms with Gasteiger partial charge in [0.15, 0.2) is 0 Å². The summed E-state index contributed by atoms with van der Waals surface area (Å²) >= 11 is 3.59. The fourth-order valence-electron chi connectivity index (χ4n) is 2.29. The van der Waals surface area contributed by atoms with E-state index in [2.05, 4.69) is 37.9 Å². The third-order valence-corrected chi connectivity index (χ3v) is 3.96. The molecule has 2 aromatic rings. The van der Waals surface area contributed by atoms with Gasteiger partial charge in [0.05, 0.1) is 10.2 Å². The first-order valence-corrected chi connectivity index (χ1v) is 7.24. The standard InChI is InChI=1S/C15H16BrN3/c16-14-9-18-7-6-15(14)19(13-4-5-13)10-11-2-1-3-12(17)8-11/h1-3,6-9,13H,4-5,10,17H2. The van der Waals surface area contributed by atoms with E-state index in [0.717, 1.165) is 16.7 Å². The van der Waals surface area contributed by atoms with Crippen LogP contribution < -0.4 is 10.6 Å². The maximum absolute atomic E-state index is 5.86. The van der Waals surface area contributed by atoms with Gasteiger partial charge in [-0.25, -0.2) is 0 Å². The summed E-state index contributed by atoms with van der Waals surface area (Å²) in [4.78, 5) is 6.57. The molecule has 0 saturated heterocycles. The Morgan fingerprint density at radius 2 is 2.16 bits per heavy atom. The summed E-state index contributed by atoms with van der Waals surface area (Å²) < 4.78 is 1.05. The third-order valence-electron chi connectivity index (χ3n) is 3.35. The van der Waals surface area contributed by atoms with Crippen LogP contribution in [0, 0.1) is 0 Å². The van der Waals surface area contributed by atoms with Crippen molar-refractivity contribution in [3.05, 3.63) is 52.8 Å². The Labute approximate surface area is 121 Å². The predicted molar refractivity (Wildman–Crippen MR) is 82.0 cm³/mol. The molecule has 0 spiro atoms. The first-order valence-electron chi connectivity index (χ1n) is 6.44. The lowest BCUT2D eigenvalue weighted by molar-refractivity contribution is 0.791. The van der Waals surface area contributed by atoms with Crippen LogP contribution in [-0.2, 0) is 6.54 Å². The van der Waals surface area contributed by atoms with Crippen LogP contribution in [0.15, 0.2) is 47.2 Å². The number of hydrogen-bond acceptors (Lipinski definition) is 3. The topological polar surface area (TPSA) is 42.1 Å². The number of hydrogen-bond donors (Lipinski definition) is 1. The number of anilines is 2. The lowest BCUT2D eigenvalue weighted by atomic mass is 10.2. The van der Waals surface area contributed by atoms with Crippen molar-refractivity contribution in [3.8, 4) is 0 Å². The van der Waals surface area contributed by atoms with Crippen LogP contribution in [0.3, 0.4) is 0 Å². The van der Waals surface area contributed by atoms with Gasteiger partial charge >= 0.3 is 0 Å². The van der Waals surface area contributed by atoms with E-state index >= 15 is 0 Å². The first kappa shape index (κ1) is 12.5. The van der Waals surface area contributed by atoms with Crippen molar-refractivity contribution in [2.45, 2.75) is 25.4 Å². The highest BCUT2D eigenvalue weighted by molar-refractivity contribution is 9.10. The number of nitrogen functional groups attached to an aromatic ring is 1. The Hall–Kier alpha value is -1.55. The molecule has 0 amide bonds. The lowest BCUT2D eigenvalue weighted by Gasteiger charge is -2.26. The molecule has 0 atom stereocenters. The molecule has 3 rings (SSSR count). The highest BCUT2D eigenvalue weighted by Gasteiger charge is 2.30. The smallest absolute Gasteiger partial charge is 0.0592 e. The van der Waals surface area contributed by atoms with Crippen molar-refractivity contribution in [2.75, 3.05) is 10.6 Å². The Bertz CT molecular complexity index is 581. The minimum absolute atomic E-state index is 0.639. The fourth-order valence-corrected chi connectivity index (χ4v) is 2.76. The SMILES string of the molecule is Nc1cccc(CN(c2ccncc2Br)C2CC2)c1. The molecule has 1 aromatic heterocycles. The molecule has 4 heteroatoms. The van der Waals surface area contributed by atoms with Crippen molar-refractivity contribution >= 4 is 27.3 Å². The second-order valence-electron chi connectivity index (χ2n) is 4.93. The van der Waals surface area contributed by atoms with E-state index in [1.165, 1.54) is 24.1 Å². The molecule has 1 saturated carbocycles. The van der Waals surface area contributed by atoms with Gasteiger partial charge in [0.2, 0.25) is 0 Å². The van der Waals surface area contributed by atoms with Crippen LogP contribution in [0.2, 0.25) is 0 Å². The summed E-state index contributed by atoms with van der Waals surface area (Å²) in [6, 6.07) is 10.8. The summed E-state index contributed by atoms with van der Waals surface area (Å²) in [6.07, 6.45) is 6.22. The van der Waals surface area contributed by atoms with Crippen LogP contribution in [0.1, 0.15) is 18.4 Å². The van der Waals surface area contributed by atoms with Crippen LogP contribution in [-0.4, -0.2) is 11.0 Å². The van der Waals surface area contributed by atoms with Crippen LogP contribution in [0.4, 0.5) is 11.4 Å².